The fraction of sp³-hybridized carbons (Fsp3) is 0.389. The zero-order valence-electron chi connectivity index (χ0n) is 14.2. The number of benzene rings is 1. The summed E-state index contributed by atoms with van der Waals surface area (Å²) in [6.45, 7) is 4.17. The van der Waals surface area contributed by atoms with E-state index in [1.165, 1.54) is 6.26 Å². The Hall–Kier alpha value is -2.67. The number of aliphatic imine (C=N–C) groups is 1. The van der Waals surface area contributed by atoms with Gasteiger partial charge in [-0.2, -0.15) is 0 Å². The van der Waals surface area contributed by atoms with Crippen LogP contribution in [-0.2, 0) is 0 Å². The second-order valence-corrected chi connectivity index (χ2v) is 5.59. The van der Waals surface area contributed by atoms with Gasteiger partial charge in [0.25, 0.3) is 0 Å². The van der Waals surface area contributed by atoms with Crippen molar-refractivity contribution in [1.29, 1.82) is 0 Å². The fourth-order valence-electron chi connectivity index (χ4n) is 2.43. The lowest BCUT2D eigenvalue weighted by molar-refractivity contribution is 0.158. The van der Waals surface area contributed by atoms with E-state index in [1.54, 1.807) is 12.1 Å². The Bertz CT molecular complexity index is 700. The fourth-order valence-corrected chi connectivity index (χ4v) is 2.43. The van der Waals surface area contributed by atoms with Crippen LogP contribution in [0.2, 0.25) is 0 Å². The molecule has 1 aliphatic rings. The molecular weight excluding hydrogens is 322 g/mol. The molecule has 7 nitrogen and oxygen atoms in total. The zero-order chi connectivity index (χ0) is 17.5. The van der Waals surface area contributed by atoms with E-state index >= 15 is 0 Å². The summed E-state index contributed by atoms with van der Waals surface area (Å²) < 4.78 is 16.5. The molecule has 1 unspecified atom stereocenters. The van der Waals surface area contributed by atoms with Gasteiger partial charge in [-0.25, -0.2) is 4.99 Å². The molecule has 0 amide bonds. The minimum atomic E-state index is -0.783. The second kappa shape index (κ2) is 8.43. The van der Waals surface area contributed by atoms with Crippen molar-refractivity contribution < 1.29 is 19.0 Å². The predicted molar refractivity (Wildman–Crippen MR) is 95.3 cm³/mol. The van der Waals surface area contributed by atoms with Crippen LogP contribution in [0.5, 0.6) is 11.5 Å². The number of furan rings is 1. The number of ether oxygens (including phenoxy) is 2. The maximum Gasteiger partial charge on any atom is 0.195 e. The number of aliphatic hydroxyl groups is 1. The van der Waals surface area contributed by atoms with Crippen LogP contribution in [0.4, 0.5) is 5.69 Å². The molecule has 0 saturated heterocycles. The summed E-state index contributed by atoms with van der Waals surface area (Å²) in [6.07, 6.45) is 1.62. The van der Waals surface area contributed by atoms with Crippen LogP contribution < -0.4 is 20.1 Å². The third kappa shape index (κ3) is 4.67. The molecule has 0 fully saturated rings. The smallest absolute Gasteiger partial charge is 0.195 e. The molecule has 1 aliphatic heterocycles. The third-order valence-electron chi connectivity index (χ3n) is 3.65. The summed E-state index contributed by atoms with van der Waals surface area (Å²) >= 11 is 0. The van der Waals surface area contributed by atoms with Gasteiger partial charge in [0.2, 0.25) is 0 Å². The first-order chi connectivity index (χ1) is 12.3. The lowest BCUT2D eigenvalue weighted by atomic mass is 10.2. The normalized spacial score (nSPS) is 15.4. The number of anilines is 1. The first-order valence-electron chi connectivity index (χ1n) is 8.42. The van der Waals surface area contributed by atoms with Gasteiger partial charge in [0, 0.05) is 24.7 Å². The quantitative estimate of drug-likeness (QED) is 0.570. The molecule has 1 aromatic heterocycles. The number of hydrogen-bond donors (Lipinski definition) is 3. The molecule has 1 atom stereocenters. The largest absolute Gasteiger partial charge is 0.490 e. The van der Waals surface area contributed by atoms with Crippen LogP contribution in [-0.4, -0.2) is 37.4 Å². The Kier molecular flexibility index (Phi) is 5.79. The van der Waals surface area contributed by atoms with E-state index in [2.05, 4.69) is 15.6 Å². The Balaban J connectivity index is 1.68. The standard InChI is InChI=1S/C18H23N3O4/c1-2-19-18(20-12-14(22)15-5-3-8-23-15)21-13-6-7-16-17(11-13)25-10-4-9-24-16/h3,5-8,11,14,22H,2,4,9-10,12H2,1H3,(H2,19,20,21). The highest BCUT2D eigenvalue weighted by atomic mass is 16.5. The lowest BCUT2D eigenvalue weighted by Crippen LogP contribution is -2.31. The summed E-state index contributed by atoms with van der Waals surface area (Å²) in [7, 11) is 0. The first kappa shape index (κ1) is 17.2. The van der Waals surface area contributed by atoms with Crippen molar-refractivity contribution in [2.75, 3.05) is 31.6 Å². The number of aliphatic hydroxyl groups excluding tert-OH is 1. The summed E-state index contributed by atoms with van der Waals surface area (Å²) in [6, 6.07) is 9.14. The molecule has 2 heterocycles. The van der Waals surface area contributed by atoms with Crippen LogP contribution in [0.1, 0.15) is 25.2 Å². The predicted octanol–water partition coefficient (Wildman–Crippen LogP) is 2.55. The topological polar surface area (TPSA) is 88.3 Å². The van der Waals surface area contributed by atoms with Crippen molar-refractivity contribution in [3.63, 3.8) is 0 Å². The van der Waals surface area contributed by atoms with Crippen LogP contribution >= 0.6 is 0 Å². The van der Waals surface area contributed by atoms with Gasteiger partial charge in [-0.3, -0.25) is 0 Å². The highest BCUT2D eigenvalue weighted by Crippen LogP contribution is 2.32. The molecule has 134 valence electrons. The molecular formula is C18H23N3O4. The Morgan fingerprint density at radius 3 is 2.84 bits per heavy atom. The molecule has 0 saturated carbocycles. The van der Waals surface area contributed by atoms with Gasteiger partial charge in [-0.05, 0) is 31.2 Å². The summed E-state index contributed by atoms with van der Waals surface area (Å²) in [5, 5.41) is 16.5. The Morgan fingerprint density at radius 2 is 2.08 bits per heavy atom. The second-order valence-electron chi connectivity index (χ2n) is 5.59. The summed E-state index contributed by atoms with van der Waals surface area (Å²) in [5.74, 6) is 2.53. The molecule has 2 aromatic rings. The van der Waals surface area contributed by atoms with E-state index in [0.29, 0.717) is 37.2 Å². The molecule has 0 spiro atoms. The lowest BCUT2D eigenvalue weighted by Gasteiger charge is -2.14. The summed E-state index contributed by atoms with van der Waals surface area (Å²) in [4.78, 5) is 4.41. The number of hydrogen-bond acceptors (Lipinski definition) is 5. The van der Waals surface area contributed by atoms with Crippen molar-refractivity contribution in [3.05, 3.63) is 42.4 Å². The van der Waals surface area contributed by atoms with Gasteiger partial charge in [0.15, 0.2) is 17.5 Å². The minimum absolute atomic E-state index is 0.188. The van der Waals surface area contributed by atoms with E-state index in [1.807, 2.05) is 25.1 Å². The molecule has 0 radical (unpaired) electrons. The summed E-state index contributed by atoms with van der Waals surface area (Å²) in [5.41, 5.74) is 0.830. The van der Waals surface area contributed by atoms with Crippen molar-refractivity contribution in [2.45, 2.75) is 19.4 Å². The maximum absolute atomic E-state index is 10.1. The van der Waals surface area contributed by atoms with Crippen molar-refractivity contribution in [2.24, 2.45) is 4.99 Å². The first-order valence-corrected chi connectivity index (χ1v) is 8.42. The van der Waals surface area contributed by atoms with Crippen molar-refractivity contribution in [3.8, 4) is 11.5 Å². The van der Waals surface area contributed by atoms with Crippen LogP contribution in [0, 0.1) is 0 Å². The molecule has 25 heavy (non-hydrogen) atoms. The molecule has 7 heteroatoms. The molecule has 3 rings (SSSR count). The average molecular weight is 345 g/mol. The maximum atomic E-state index is 10.1. The van der Waals surface area contributed by atoms with E-state index < -0.39 is 6.10 Å². The molecule has 0 aliphatic carbocycles. The number of nitrogens with one attached hydrogen (secondary N) is 2. The highest BCUT2D eigenvalue weighted by molar-refractivity contribution is 5.93. The van der Waals surface area contributed by atoms with Crippen LogP contribution in [0.15, 0.2) is 46.0 Å². The highest BCUT2D eigenvalue weighted by Gasteiger charge is 2.12. The van der Waals surface area contributed by atoms with Gasteiger partial charge in [0.1, 0.15) is 11.9 Å². The van der Waals surface area contributed by atoms with Crippen molar-refractivity contribution >= 4 is 11.6 Å². The number of guanidine groups is 1. The minimum Gasteiger partial charge on any atom is -0.490 e. The van der Waals surface area contributed by atoms with Gasteiger partial charge in [-0.1, -0.05) is 0 Å². The number of fused-ring (bicyclic) bond motifs is 1. The zero-order valence-corrected chi connectivity index (χ0v) is 14.2. The Labute approximate surface area is 146 Å². The molecule has 3 N–H and O–H groups in total. The third-order valence-corrected chi connectivity index (χ3v) is 3.65. The Morgan fingerprint density at radius 1 is 1.24 bits per heavy atom. The van der Waals surface area contributed by atoms with E-state index in [4.69, 9.17) is 13.9 Å². The van der Waals surface area contributed by atoms with Gasteiger partial charge < -0.3 is 29.6 Å². The number of rotatable bonds is 5. The molecule has 1 aromatic carbocycles. The van der Waals surface area contributed by atoms with Crippen LogP contribution in [0.3, 0.4) is 0 Å². The van der Waals surface area contributed by atoms with Crippen LogP contribution in [0.25, 0.3) is 0 Å². The number of nitrogens with zero attached hydrogens (tertiary/aromatic N) is 1. The molecule has 0 bridgehead atoms. The van der Waals surface area contributed by atoms with Gasteiger partial charge in [0.05, 0.1) is 26.0 Å². The average Bonchev–Trinajstić information content (AvgIpc) is 3.06. The van der Waals surface area contributed by atoms with Gasteiger partial charge in [-0.15, -0.1) is 0 Å². The van der Waals surface area contributed by atoms with E-state index in [0.717, 1.165) is 17.9 Å². The van der Waals surface area contributed by atoms with E-state index in [-0.39, 0.29) is 6.54 Å². The van der Waals surface area contributed by atoms with E-state index in [9.17, 15) is 5.11 Å². The monoisotopic (exact) mass is 345 g/mol. The van der Waals surface area contributed by atoms with Gasteiger partial charge >= 0.3 is 0 Å². The van der Waals surface area contributed by atoms with Crippen molar-refractivity contribution in [1.82, 2.24) is 5.32 Å². The SMILES string of the molecule is CCNC(=NCC(O)c1ccco1)Nc1ccc2c(c1)OCCCO2.